The van der Waals surface area contributed by atoms with Crippen LogP contribution < -0.4 is 0 Å². The molecular formula is C9H13IN2O2. The molecule has 0 saturated carbocycles. The summed E-state index contributed by atoms with van der Waals surface area (Å²) in [7, 11) is 1.77. The molecule has 0 aliphatic rings. The van der Waals surface area contributed by atoms with Gasteiger partial charge in [-0.05, 0) is 43.4 Å². The number of carbonyl (C=O) groups is 1. The summed E-state index contributed by atoms with van der Waals surface area (Å²) in [6.45, 7) is 5.50. The van der Waals surface area contributed by atoms with Crippen LogP contribution in [-0.4, -0.2) is 21.4 Å². The highest BCUT2D eigenvalue weighted by Crippen LogP contribution is 2.15. The molecule has 4 nitrogen and oxygen atoms in total. The molecule has 0 radical (unpaired) electrons. The van der Waals surface area contributed by atoms with Crippen LogP contribution >= 0.6 is 22.6 Å². The number of aryl methyl sites for hydroxylation is 1. The highest BCUT2D eigenvalue weighted by atomic mass is 127. The lowest BCUT2D eigenvalue weighted by atomic mass is 10.2. The van der Waals surface area contributed by atoms with Crippen LogP contribution in [0.3, 0.4) is 0 Å². The summed E-state index contributed by atoms with van der Waals surface area (Å²) in [4.78, 5) is 11.6. The van der Waals surface area contributed by atoms with E-state index in [9.17, 15) is 4.79 Å². The van der Waals surface area contributed by atoms with Crippen molar-refractivity contribution in [1.82, 2.24) is 9.78 Å². The first-order valence-electron chi connectivity index (χ1n) is 4.22. The van der Waals surface area contributed by atoms with Crippen LogP contribution in [0.5, 0.6) is 0 Å². The number of esters is 1. The zero-order valence-electron chi connectivity index (χ0n) is 8.67. The minimum atomic E-state index is -0.475. The quantitative estimate of drug-likeness (QED) is 0.588. The molecule has 0 amide bonds. The fraction of sp³-hybridized carbons (Fsp3) is 0.556. The summed E-state index contributed by atoms with van der Waals surface area (Å²) in [6, 6.07) is 0. The molecule has 0 aliphatic heterocycles. The van der Waals surface area contributed by atoms with Gasteiger partial charge in [0.15, 0.2) is 5.69 Å². The Morgan fingerprint density at radius 1 is 1.57 bits per heavy atom. The Bertz CT molecular complexity index is 352. The van der Waals surface area contributed by atoms with E-state index in [-0.39, 0.29) is 5.97 Å². The van der Waals surface area contributed by atoms with Crippen molar-refractivity contribution >= 4 is 28.6 Å². The van der Waals surface area contributed by atoms with Crippen molar-refractivity contribution in [2.24, 2.45) is 7.05 Å². The predicted molar refractivity (Wildman–Crippen MR) is 61.1 cm³/mol. The molecule has 1 rings (SSSR count). The Kier molecular flexibility index (Phi) is 3.18. The third-order valence-electron chi connectivity index (χ3n) is 1.38. The van der Waals surface area contributed by atoms with Gasteiger partial charge in [0.05, 0.1) is 3.57 Å². The van der Waals surface area contributed by atoms with E-state index in [1.54, 1.807) is 17.9 Å². The van der Waals surface area contributed by atoms with E-state index in [4.69, 9.17) is 4.74 Å². The van der Waals surface area contributed by atoms with Crippen LogP contribution in [0.4, 0.5) is 0 Å². The first-order chi connectivity index (χ1) is 6.29. The van der Waals surface area contributed by atoms with Crippen LogP contribution in [0.1, 0.15) is 31.3 Å². The second-order valence-electron chi connectivity index (χ2n) is 4.00. The molecule has 1 heterocycles. The molecule has 1 aromatic heterocycles. The third kappa shape index (κ3) is 2.97. The van der Waals surface area contributed by atoms with Gasteiger partial charge in [-0.2, -0.15) is 5.10 Å². The monoisotopic (exact) mass is 308 g/mol. The van der Waals surface area contributed by atoms with Gasteiger partial charge in [0.25, 0.3) is 0 Å². The number of hydrogen-bond donors (Lipinski definition) is 0. The van der Waals surface area contributed by atoms with Gasteiger partial charge in [0.1, 0.15) is 5.60 Å². The van der Waals surface area contributed by atoms with Gasteiger partial charge in [0, 0.05) is 13.2 Å². The Balaban J connectivity index is 2.85. The summed E-state index contributed by atoms with van der Waals surface area (Å²) in [5, 5.41) is 4.03. The summed E-state index contributed by atoms with van der Waals surface area (Å²) >= 11 is 2.06. The molecule has 78 valence electrons. The highest BCUT2D eigenvalue weighted by Gasteiger charge is 2.22. The van der Waals surface area contributed by atoms with Crippen molar-refractivity contribution in [3.05, 3.63) is 15.5 Å². The van der Waals surface area contributed by atoms with Crippen molar-refractivity contribution in [3.63, 3.8) is 0 Å². The molecule has 0 spiro atoms. The van der Waals surface area contributed by atoms with E-state index >= 15 is 0 Å². The molecule has 0 aliphatic carbocycles. The second-order valence-corrected chi connectivity index (χ2v) is 5.16. The number of carbonyl (C=O) groups excluding carboxylic acids is 1. The molecule has 0 unspecified atom stereocenters. The first kappa shape index (κ1) is 11.5. The summed E-state index contributed by atoms with van der Waals surface area (Å²) in [6.07, 6.45) is 1.78. The van der Waals surface area contributed by atoms with Gasteiger partial charge in [-0.15, -0.1) is 0 Å². The van der Waals surface area contributed by atoms with Gasteiger partial charge >= 0.3 is 5.97 Å². The van der Waals surface area contributed by atoms with E-state index in [1.165, 1.54) is 0 Å². The number of aromatic nitrogens is 2. The van der Waals surface area contributed by atoms with Gasteiger partial charge in [-0.1, -0.05) is 0 Å². The number of rotatable bonds is 1. The van der Waals surface area contributed by atoms with Crippen molar-refractivity contribution in [3.8, 4) is 0 Å². The lowest BCUT2D eigenvalue weighted by molar-refractivity contribution is 0.00609. The number of ether oxygens (including phenoxy) is 1. The molecular weight excluding hydrogens is 295 g/mol. The lowest BCUT2D eigenvalue weighted by Crippen LogP contribution is -2.24. The number of nitrogens with zero attached hydrogens (tertiary/aromatic N) is 2. The van der Waals surface area contributed by atoms with Crippen molar-refractivity contribution in [1.29, 1.82) is 0 Å². The SMILES string of the molecule is Cn1cc(I)c(C(=O)OC(C)(C)C)n1. The smallest absolute Gasteiger partial charge is 0.360 e. The van der Waals surface area contributed by atoms with Gasteiger partial charge in [-0.3, -0.25) is 4.68 Å². The minimum absolute atomic E-state index is 0.373. The van der Waals surface area contributed by atoms with Crippen molar-refractivity contribution in [2.75, 3.05) is 0 Å². The molecule has 0 atom stereocenters. The Morgan fingerprint density at radius 3 is 2.50 bits per heavy atom. The van der Waals surface area contributed by atoms with Crippen LogP contribution in [0.25, 0.3) is 0 Å². The fourth-order valence-electron chi connectivity index (χ4n) is 0.924. The standard InChI is InChI=1S/C9H13IN2O2/c1-9(2,3)14-8(13)7-6(10)5-12(4)11-7/h5H,1-4H3. The Morgan fingerprint density at radius 2 is 2.14 bits per heavy atom. The zero-order valence-corrected chi connectivity index (χ0v) is 10.8. The number of halogens is 1. The van der Waals surface area contributed by atoms with Gasteiger partial charge < -0.3 is 4.74 Å². The predicted octanol–water partition coefficient (Wildman–Crippen LogP) is 1.98. The first-order valence-corrected chi connectivity index (χ1v) is 5.30. The van der Waals surface area contributed by atoms with Crippen molar-refractivity contribution in [2.45, 2.75) is 26.4 Å². The molecule has 1 aromatic rings. The lowest BCUT2D eigenvalue weighted by Gasteiger charge is -2.18. The second kappa shape index (κ2) is 3.88. The molecule has 0 fully saturated rings. The molecule has 14 heavy (non-hydrogen) atoms. The minimum Gasteiger partial charge on any atom is -0.455 e. The van der Waals surface area contributed by atoms with Crippen LogP contribution in [0, 0.1) is 3.57 Å². The zero-order chi connectivity index (χ0) is 10.9. The molecule has 5 heteroatoms. The highest BCUT2D eigenvalue weighted by molar-refractivity contribution is 14.1. The third-order valence-corrected chi connectivity index (χ3v) is 2.17. The van der Waals surface area contributed by atoms with Crippen LogP contribution in [0.2, 0.25) is 0 Å². The van der Waals surface area contributed by atoms with E-state index < -0.39 is 5.60 Å². The van der Waals surface area contributed by atoms with E-state index in [1.807, 2.05) is 20.8 Å². The summed E-state index contributed by atoms with van der Waals surface area (Å²) in [5.74, 6) is -0.373. The summed E-state index contributed by atoms with van der Waals surface area (Å²) < 4.78 is 7.60. The average molecular weight is 308 g/mol. The Hall–Kier alpha value is -0.590. The maximum atomic E-state index is 11.6. The van der Waals surface area contributed by atoms with Crippen molar-refractivity contribution < 1.29 is 9.53 Å². The largest absolute Gasteiger partial charge is 0.455 e. The van der Waals surface area contributed by atoms with Gasteiger partial charge in [-0.25, -0.2) is 4.79 Å². The number of hydrogen-bond acceptors (Lipinski definition) is 3. The molecule has 0 aromatic carbocycles. The molecule has 0 bridgehead atoms. The average Bonchev–Trinajstić information content (AvgIpc) is 2.26. The fourth-order valence-corrected chi connectivity index (χ4v) is 1.66. The Labute approximate surface area is 96.8 Å². The summed E-state index contributed by atoms with van der Waals surface area (Å²) in [5.41, 5.74) is -0.0967. The maximum Gasteiger partial charge on any atom is 0.360 e. The maximum absolute atomic E-state index is 11.6. The van der Waals surface area contributed by atoms with E-state index in [2.05, 4.69) is 27.7 Å². The van der Waals surface area contributed by atoms with Gasteiger partial charge in [0.2, 0.25) is 0 Å². The van der Waals surface area contributed by atoms with E-state index in [0.29, 0.717) is 5.69 Å². The normalized spacial score (nSPS) is 11.5. The van der Waals surface area contributed by atoms with E-state index in [0.717, 1.165) is 3.57 Å². The molecule has 0 saturated heterocycles. The molecule has 0 N–H and O–H groups in total. The van der Waals surface area contributed by atoms with Crippen LogP contribution in [-0.2, 0) is 11.8 Å². The topological polar surface area (TPSA) is 44.1 Å². The van der Waals surface area contributed by atoms with Crippen LogP contribution in [0.15, 0.2) is 6.20 Å².